The van der Waals surface area contributed by atoms with Crippen molar-refractivity contribution in [3.8, 4) is 11.5 Å². The van der Waals surface area contributed by atoms with Crippen LogP contribution in [0, 0.1) is 17.3 Å². The smallest absolute Gasteiger partial charge is 0.404 e. The number of rotatable bonds is 20. The predicted octanol–water partition coefficient (Wildman–Crippen LogP) is 3.21. The van der Waals surface area contributed by atoms with Crippen molar-refractivity contribution < 1.29 is 44.0 Å². The molecule has 5 atom stereocenters. The van der Waals surface area contributed by atoms with Crippen LogP contribution in [0.4, 0.5) is 9.59 Å². The van der Waals surface area contributed by atoms with Crippen LogP contribution in [0.5, 0.6) is 11.5 Å². The van der Waals surface area contributed by atoms with E-state index in [1.54, 1.807) is 48.0 Å². The van der Waals surface area contributed by atoms with Gasteiger partial charge in [-0.3, -0.25) is 20.0 Å². The van der Waals surface area contributed by atoms with E-state index in [9.17, 15) is 29.4 Å². The zero-order valence-electron chi connectivity index (χ0n) is 33.6. The van der Waals surface area contributed by atoms with E-state index in [0.29, 0.717) is 42.5 Å². The number of nitrogens with one attached hydrogen (secondary N) is 4. The Balaban J connectivity index is 1.40. The number of carbonyl (C=O) groups excluding carboxylic acids is 3. The number of hydrogen-bond acceptors (Lipinski definition) is 10. The molecular formula is C42H57N7O9. The Morgan fingerprint density at radius 2 is 1.74 bits per heavy atom. The van der Waals surface area contributed by atoms with Gasteiger partial charge in [0.1, 0.15) is 13.2 Å². The summed E-state index contributed by atoms with van der Waals surface area (Å²) >= 11 is 0. The monoisotopic (exact) mass is 803 g/mol. The van der Waals surface area contributed by atoms with Crippen LogP contribution in [-0.2, 0) is 35.7 Å². The number of carbonyl (C=O) groups is 4. The highest BCUT2D eigenvalue weighted by atomic mass is 16.6. The first-order valence-corrected chi connectivity index (χ1v) is 19.8. The molecule has 7 N–H and O–H groups in total. The minimum Gasteiger partial charge on any atom is -0.486 e. The first-order chi connectivity index (χ1) is 27.7. The van der Waals surface area contributed by atoms with Gasteiger partial charge in [0, 0.05) is 32.6 Å². The summed E-state index contributed by atoms with van der Waals surface area (Å²) in [5, 5.41) is 40.9. The van der Waals surface area contributed by atoms with Gasteiger partial charge < -0.3 is 45.6 Å². The van der Waals surface area contributed by atoms with Crippen molar-refractivity contribution in [2.24, 2.45) is 17.3 Å². The number of urea groups is 1. The SMILES string of the molecule is CC[C@H](C)[C@H](C(=O)N[C@@H](Cc1ccccc1)[C@@H](O)CN(Cc1ccc2c(c1)OCCO2)NC(=O)CC(C)(C)CNC(=O)O)C1CNC(=O)N1Cc1cccc(CO)n1. The van der Waals surface area contributed by atoms with Gasteiger partial charge in [0.2, 0.25) is 11.8 Å². The molecule has 5 rings (SSSR count). The molecular weight excluding hydrogens is 747 g/mol. The van der Waals surface area contributed by atoms with E-state index in [0.717, 1.165) is 11.1 Å². The third-order valence-electron chi connectivity index (χ3n) is 10.6. The van der Waals surface area contributed by atoms with Crippen LogP contribution in [0.2, 0.25) is 0 Å². The van der Waals surface area contributed by atoms with Crippen molar-refractivity contribution in [1.29, 1.82) is 0 Å². The van der Waals surface area contributed by atoms with Crippen LogP contribution in [-0.4, -0.2) is 105 Å². The number of pyridine rings is 1. The highest BCUT2D eigenvalue weighted by molar-refractivity contribution is 5.83. The number of benzene rings is 2. The number of aromatic nitrogens is 1. The zero-order chi connectivity index (χ0) is 41.8. The van der Waals surface area contributed by atoms with E-state index < -0.39 is 35.6 Å². The second kappa shape index (κ2) is 20.3. The van der Waals surface area contributed by atoms with Crippen molar-refractivity contribution in [3.05, 3.63) is 89.2 Å². The number of aliphatic hydroxyl groups is 2. The number of ether oxygens (including phenoxy) is 2. The maximum atomic E-state index is 14.6. The molecule has 1 aromatic heterocycles. The lowest BCUT2D eigenvalue weighted by Gasteiger charge is -2.36. The Kier molecular flexibility index (Phi) is 15.3. The van der Waals surface area contributed by atoms with Crippen molar-refractivity contribution in [2.75, 3.05) is 32.8 Å². The molecule has 3 aromatic rings. The fraction of sp³-hybridized carbons (Fsp3) is 0.500. The van der Waals surface area contributed by atoms with Crippen LogP contribution in [0.1, 0.15) is 63.1 Å². The molecule has 314 valence electrons. The maximum Gasteiger partial charge on any atom is 0.404 e. The van der Waals surface area contributed by atoms with E-state index in [1.807, 2.05) is 56.3 Å². The molecule has 3 heterocycles. The standard InChI is InChI=1S/C42H57N7O9/c1-5-27(2)38(33-21-43-40(54)49(33)23-30-12-9-13-31(25-50)45-30)39(53)46-32(18-28-10-7-6-8-11-28)34(51)24-48(47-37(52)20-42(3,4)26-44-41(55)56)22-29-14-15-35-36(19-29)58-17-16-57-35/h6-15,19,27,32-34,38,44,50-51H,5,16-18,20-26H2,1-4H3,(H,43,54)(H,46,53)(H,47,52)(H,55,56)/t27-,32-,33?,34-,38-/m0/s1. The Morgan fingerprint density at radius 1 is 1.02 bits per heavy atom. The second-order valence-electron chi connectivity index (χ2n) is 15.8. The normalized spacial score (nSPS) is 17.2. The van der Waals surface area contributed by atoms with E-state index in [4.69, 9.17) is 14.6 Å². The lowest BCUT2D eigenvalue weighted by Crippen LogP contribution is -2.56. The minimum atomic E-state index is -1.20. The number of fused-ring (bicyclic) bond motifs is 1. The first-order valence-electron chi connectivity index (χ1n) is 19.8. The summed E-state index contributed by atoms with van der Waals surface area (Å²) in [7, 11) is 0. The number of hydrogen-bond donors (Lipinski definition) is 7. The molecule has 58 heavy (non-hydrogen) atoms. The van der Waals surface area contributed by atoms with Gasteiger partial charge in [-0.2, -0.15) is 0 Å². The number of aliphatic hydroxyl groups excluding tert-OH is 2. The quantitative estimate of drug-likeness (QED) is 0.0824. The van der Waals surface area contributed by atoms with Crippen LogP contribution < -0.4 is 30.8 Å². The highest BCUT2D eigenvalue weighted by Crippen LogP contribution is 2.32. The number of hydrazine groups is 1. The summed E-state index contributed by atoms with van der Waals surface area (Å²) in [6, 6.07) is 18.5. The van der Waals surface area contributed by atoms with Crippen molar-refractivity contribution >= 4 is 23.9 Å². The summed E-state index contributed by atoms with van der Waals surface area (Å²) in [4.78, 5) is 58.6. The van der Waals surface area contributed by atoms with E-state index in [1.165, 1.54) is 0 Å². The molecule has 5 amide bonds. The van der Waals surface area contributed by atoms with Crippen molar-refractivity contribution in [2.45, 2.75) is 84.8 Å². The molecule has 16 heteroatoms. The molecule has 0 saturated carbocycles. The second-order valence-corrected chi connectivity index (χ2v) is 15.8. The molecule has 2 aliphatic heterocycles. The third kappa shape index (κ3) is 12.3. The van der Waals surface area contributed by atoms with Gasteiger partial charge in [0.25, 0.3) is 0 Å². The average molecular weight is 804 g/mol. The van der Waals surface area contributed by atoms with E-state index in [-0.39, 0.29) is 75.9 Å². The van der Waals surface area contributed by atoms with Gasteiger partial charge in [0.15, 0.2) is 11.5 Å². The molecule has 0 radical (unpaired) electrons. The number of carboxylic acid groups (broad SMARTS) is 1. The summed E-state index contributed by atoms with van der Waals surface area (Å²) in [5.74, 6) is -0.366. The lowest BCUT2D eigenvalue weighted by molar-refractivity contribution is -0.132. The molecule has 0 aliphatic carbocycles. The molecule has 1 unspecified atom stereocenters. The van der Waals surface area contributed by atoms with Crippen LogP contribution in [0.25, 0.3) is 0 Å². The molecule has 2 aliphatic rings. The fourth-order valence-electron chi connectivity index (χ4n) is 7.38. The fourth-order valence-corrected chi connectivity index (χ4v) is 7.38. The van der Waals surface area contributed by atoms with Crippen molar-refractivity contribution in [3.63, 3.8) is 0 Å². The Labute approximate surface area is 339 Å². The molecule has 0 spiro atoms. The maximum absolute atomic E-state index is 14.6. The van der Waals surface area contributed by atoms with Crippen LogP contribution in [0.3, 0.4) is 0 Å². The molecule has 1 fully saturated rings. The minimum absolute atomic E-state index is 0.0216. The van der Waals surface area contributed by atoms with Crippen LogP contribution >= 0.6 is 0 Å². The zero-order valence-corrected chi connectivity index (χ0v) is 33.6. The Bertz CT molecular complexity index is 1860. The van der Waals surface area contributed by atoms with Crippen molar-refractivity contribution in [1.82, 2.24) is 36.3 Å². The molecule has 16 nitrogen and oxygen atoms in total. The summed E-state index contributed by atoms with van der Waals surface area (Å²) in [6.07, 6.45) is -1.50. The summed E-state index contributed by atoms with van der Waals surface area (Å²) < 4.78 is 11.5. The van der Waals surface area contributed by atoms with Crippen LogP contribution in [0.15, 0.2) is 66.7 Å². The predicted molar refractivity (Wildman–Crippen MR) is 214 cm³/mol. The molecule has 0 bridgehead atoms. The lowest BCUT2D eigenvalue weighted by atomic mass is 9.83. The van der Waals surface area contributed by atoms with E-state index in [2.05, 4.69) is 26.4 Å². The third-order valence-corrected chi connectivity index (χ3v) is 10.6. The van der Waals surface area contributed by atoms with Gasteiger partial charge in [0.05, 0.1) is 48.6 Å². The van der Waals surface area contributed by atoms with Gasteiger partial charge in [-0.25, -0.2) is 14.6 Å². The van der Waals surface area contributed by atoms with Gasteiger partial charge in [-0.15, -0.1) is 0 Å². The number of amides is 5. The Hall–Kier alpha value is -5.45. The highest BCUT2D eigenvalue weighted by Gasteiger charge is 2.43. The average Bonchev–Trinajstić information content (AvgIpc) is 3.55. The summed E-state index contributed by atoms with van der Waals surface area (Å²) in [5.41, 5.74) is 4.90. The Morgan fingerprint density at radius 3 is 2.45 bits per heavy atom. The molecule has 2 aromatic carbocycles. The first kappa shape index (κ1) is 43.7. The van der Waals surface area contributed by atoms with E-state index >= 15 is 0 Å². The number of nitrogens with zero attached hydrogens (tertiary/aromatic N) is 3. The largest absolute Gasteiger partial charge is 0.486 e. The topological polar surface area (TPSA) is 215 Å². The van der Waals surface area contributed by atoms with Gasteiger partial charge >= 0.3 is 12.1 Å². The van der Waals surface area contributed by atoms with Gasteiger partial charge in [-0.05, 0) is 53.1 Å². The summed E-state index contributed by atoms with van der Waals surface area (Å²) in [6.45, 7) is 8.58. The van der Waals surface area contributed by atoms with Gasteiger partial charge in [-0.1, -0.05) is 76.6 Å². The molecule has 1 saturated heterocycles.